The molecule has 0 spiro atoms. The van der Waals surface area contributed by atoms with Crippen LogP contribution in [0.25, 0.3) is 0 Å². The molecule has 0 N–H and O–H groups in total. The average molecular weight is 740 g/mol. The van der Waals surface area contributed by atoms with Crippen LogP contribution in [0, 0.1) is 0 Å². The molecule has 0 aliphatic rings. The molecule has 0 heterocycles. The second kappa shape index (κ2) is 10.7. The Hall–Kier alpha value is -3.06. The van der Waals surface area contributed by atoms with Crippen molar-refractivity contribution in [3.05, 3.63) is 35.9 Å². The van der Waals surface area contributed by atoms with E-state index in [0.29, 0.717) is 24.3 Å². The van der Waals surface area contributed by atoms with Crippen molar-refractivity contribution in [3.63, 3.8) is 0 Å². The van der Waals surface area contributed by atoms with Gasteiger partial charge in [-0.1, -0.05) is 18.2 Å². The van der Waals surface area contributed by atoms with Crippen LogP contribution in [0.5, 0.6) is 0 Å². The van der Waals surface area contributed by atoms with Gasteiger partial charge in [0.1, 0.15) is 0 Å². The number of benzene rings is 1. The van der Waals surface area contributed by atoms with Crippen LogP contribution in [0.4, 0.5) is 110 Å². The van der Waals surface area contributed by atoms with Gasteiger partial charge < -0.3 is 4.74 Å². The predicted octanol–water partition coefficient (Wildman–Crippen LogP) is 9.35. The smallest absolute Gasteiger partial charge is 0.392 e. The van der Waals surface area contributed by atoms with Crippen molar-refractivity contribution >= 4 is 5.97 Å². The number of hydrogen-bond acceptors (Lipinski definition) is 2. The van der Waals surface area contributed by atoms with Crippen molar-refractivity contribution in [1.29, 1.82) is 0 Å². The van der Waals surface area contributed by atoms with Crippen LogP contribution in [0.15, 0.2) is 30.3 Å². The molecule has 0 aromatic heterocycles. The van der Waals surface area contributed by atoms with Gasteiger partial charge in [-0.2, -0.15) is 110 Å². The highest BCUT2D eigenvalue weighted by atomic mass is 19.4. The molecule has 0 saturated carbocycles. The maximum absolute atomic E-state index is 13.8. The topological polar surface area (TPSA) is 26.3 Å². The van der Waals surface area contributed by atoms with E-state index in [-0.39, 0.29) is 0 Å². The molecule has 0 radical (unpaired) electrons. The van der Waals surface area contributed by atoms with Gasteiger partial charge in [-0.15, -0.1) is 0 Å². The number of rotatable bonds is 12. The Morgan fingerprint density at radius 1 is 0.370 bits per heavy atom. The first-order chi connectivity index (χ1) is 19.7. The molecule has 0 fully saturated rings. The Kier molecular flexibility index (Phi) is 9.56. The van der Waals surface area contributed by atoms with Crippen LogP contribution >= 0.6 is 0 Å². The lowest BCUT2D eigenvalue weighted by Crippen LogP contribution is -2.78. The second-order valence-electron chi connectivity index (χ2n) is 8.51. The molecule has 0 aliphatic heterocycles. The Bertz CT molecular complexity index is 1260. The van der Waals surface area contributed by atoms with E-state index < -0.39 is 83.0 Å². The van der Waals surface area contributed by atoms with Crippen LogP contribution in [0.1, 0.15) is 10.4 Å². The third kappa shape index (κ3) is 5.12. The summed E-state index contributed by atoms with van der Waals surface area (Å²) in [6.07, 6.45) is -15.8. The molecule has 0 saturated heterocycles. The standard InChI is InChI=1S/C19H5F25O2/c20-8(21,10(24,25)12(28,29)14(32,33)16(36,37)18(40,41)42)9(22,23)11(26,27)13(30,31)15(34,35)17(38,39)19(43,44)46-7(45)6-4-2-1-3-5-6/h1-5H. The molecular weight excluding hydrogens is 735 g/mol. The van der Waals surface area contributed by atoms with E-state index >= 15 is 0 Å². The Morgan fingerprint density at radius 2 is 0.609 bits per heavy atom. The number of alkyl halides is 25. The van der Waals surface area contributed by atoms with Crippen molar-refractivity contribution in [2.24, 2.45) is 0 Å². The first kappa shape index (κ1) is 41.0. The van der Waals surface area contributed by atoms with Gasteiger partial charge in [-0.3, -0.25) is 0 Å². The lowest BCUT2D eigenvalue weighted by Gasteiger charge is -2.45. The van der Waals surface area contributed by atoms with Gasteiger partial charge in [0.2, 0.25) is 0 Å². The summed E-state index contributed by atoms with van der Waals surface area (Å²) >= 11 is 0. The third-order valence-corrected chi connectivity index (χ3v) is 5.50. The van der Waals surface area contributed by atoms with Gasteiger partial charge in [0.15, 0.2) is 0 Å². The van der Waals surface area contributed by atoms with Crippen LogP contribution < -0.4 is 0 Å². The largest absolute Gasteiger partial charge is 0.473 e. The number of ether oxygens (including phenoxy) is 1. The van der Waals surface area contributed by atoms with E-state index in [0.717, 1.165) is 6.07 Å². The molecule has 27 heteroatoms. The fourth-order valence-corrected chi connectivity index (χ4v) is 2.75. The monoisotopic (exact) mass is 740 g/mol. The van der Waals surface area contributed by atoms with Crippen molar-refractivity contribution < 1.29 is 119 Å². The van der Waals surface area contributed by atoms with Crippen LogP contribution in [0.2, 0.25) is 0 Å². The zero-order valence-electron chi connectivity index (χ0n) is 20.2. The van der Waals surface area contributed by atoms with Crippen LogP contribution in [-0.4, -0.2) is 77.5 Å². The maximum Gasteiger partial charge on any atom is 0.473 e. The minimum Gasteiger partial charge on any atom is -0.392 e. The molecule has 1 aromatic rings. The van der Waals surface area contributed by atoms with Gasteiger partial charge >= 0.3 is 77.5 Å². The van der Waals surface area contributed by atoms with Gasteiger partial charge in [-0.25, -0.2) is 4.79 Å². The van der Waals surface area contributed by atoms with Crippen LogP contribution in [-0.2, 0) is 4.74 Å². The molecule has 0 bridgehead atoms. The quantitative estimate of drug-likeness (QED) is 0.158. The number of halogens is 25. The predicted molar refractivity (Wildman–Crippen MR) is 92.3 cm³/mol. The molecule has 46 heavy (non-hydrogen) atoms. The van der Waals surface area contributed by atoms with Crippen LogP contribution in [0.3, 0.4) is 0 Å². The molecular formula is C19H5F25O2. The molecule has 0 atom stereocenters. The highest BCUT2D eigenvalue weighted by Gasteiger charge is 2.99. The van der Waals surface area contributed by atoms with E-state index in [1.54, 1.807) is 0 Å². The molecule has 1 aromatic carbocycles. The third-order valence-electron chi connectivity index (χ3n) is 5.50. The summed E-state index contributed by atoms with van der Waals surface area (Å²) in [7, 11) is 0. The number of carbonyl (C=O) groups excluding carboxylic acids is 1. The summed E-state index contributed by atoms with van der Waals surface area (Å²) in [6.45, 7) is 0. The van der Waals surface area contributed by atoms with Crippen molar-refractivity contribution in [2.45, 2.75) is 71.5 Å². The second-order valence-corrected chi connectivity index (χ2v) is 8.51. The average Bonchev–Trinajstić information content (AvgIpc) is 2.87. The van der Waals surface area contributed by atoms with Crippen molar-refractivity contribution in [3.8, 4) is 0 Å². The lowest BCUT2D eigenvalue weighted by atomic mass is 9.85. The molecule has 0 aliphatic carbocycles. The normalized spacial score (nSPS) is 16.0. The summed E-state index contributed by atoms with van der Waals surface area (Å²) in [5.74, 6) is -95.7. The zero-order valence-corrected chi connectivity index (χ0v) is 20.2. The van der Waals surface area contributed by atoms with Crippen molar-refractivity contribution in [1.82, 2.24) is 0 Å². The number of carbonyl (C=O) groups is 1. The highest BCUT2D eigenvalue weighted by Crippen LogP contribution is 2.67. The molecule has 2 nitrogen and oxygen atoms in total. The number of hydrogen-bond donors (Lipinski definition) is 0. The summed E-state index contributed by atoms with van der Waals surface area (Å²) in [6, 6.07) is 2.93. The van der Waals surface area contributed by atoms with Gasteiger partial charge in [-0.05, 0) is 12.1 Å². The van der Waals surface area contributed by atoms with E-state index in [4.69, 9.17) is 0 Å². The molecule has 1 rings (SSSR count). The Morgan fingerprint density at radius 3 is 0.870 bits per heavy atom. The van der Waals surface area contributed by atoms with E-state index in [2.05, 4.69) is 4.74 Å². The Labute approximate surface area is 234 Å². The van der Waals surface area contributed by atoms with Crippen molar-refractivity contribution in [2.75, 3.05) is 0 Å². The molecule has 0 unspecified atom stereocenters. The summed E-state index contributed by atoms with van der Waals surface area (Å²) < 4.78 is 337. The minimum absolute atomic E-state index is 0.324. The lowest BCUT2D eigenvalue weighted by molar-refractivity contribution is -0.487. The fraction of sp³-hybridized carbons (Fsp3) is 0.632. The van der Waals surface area contributed by atoms with Gasteiger partial charge in [0, 0.05) is 0 Å². The Balaban J connectivity index is 3.81. The van der Waals surface area contributed by atoms with E-state index in [9.17, 15) is 115 Å². The summed E-state index contributed by atoms with van der Waals surface area (Å²) in [5.41, 5.74) is -1.36. The molecule has 0 amide bonds. The van der Waals surface area contributed by atoms with Gasteiger partial charge in [0.05, 0.1) is 5.56 Å². The first-order valence-corrected chi connectivity index (χ1v) is 10.2. The zero-order chi connectivity index (χ0) is 37.4. The SMILES string of the molecule is O=C(OC(F)(F)C(F)(F)C(F)(F)C(F)(F)C(F)(F)C(F)(F)C(F)(F)C(F)(F)C(F)(F)C(F)(F)C(F)(F)C(F)(F)F)c1ccccc1. The van der Waals surface area contributed by atoms with E-state index in [1.165, 1.54) is 0 Å². The first-order valence-electron chi connectivity index (χ1n) is 10.2. The maximum atomic E-state index is 13.8. The van der Waals surface area contributed by atoms with E-state index in [1.807, 2.05) is 0 Å². The highest BCUT2D eigenvalue weighted by molar-refractivity contribution is 5.89. The number of esters is 1. The van der Waals surface area contributed by atoms with Gasteiger partial charge in [0.25, 0.3) is 0 Å². The summed E-state index contributed by atoms with van der Waals surface area (Å²) in [5, 5.41) is 0. The minimum atomic E-state index is -9.67. The summed E-state index contributed by atoms with van der Waals surface area (Å²) in [4.78, 5) is 11.4. The molecule has 268 valence electrons. The fourth-order valence-electron chi connectivity index (χ4n) is 2.75.